The van der Waals surface area contributed by atoms with E-state index in [2.05, 4.69) is 27.5 Å². The van der Waals surface area contributed by atoms with E-state index in [4.69, 9.17) is 9.47 Å². The monoisotopic (exact) mass is 738 g/mol. The molecule has 0 radical (unpaired) electrons. The normalized spacial score (nSPS) is 19.0. The van der Waals surface area contributed by atoms with Crippen LogP contribution in [0.3, 0.4) is 0 Å². The molecule has 2 aromatic rings. The number of aliphatic carboxylic acids is 1. The van der Waals surface area contributed by atoms with Crippen LogP contribution in [0.15, 0.2) is 42.6 Å². The number of nitrogens with one attached hydrogen (secondary N) is 2. The second-order valence-corrected chi connectivity index (χ2v) is 15.0. The smallest absolute Gasteiger partial charge is 0.329 e. The van der Waals surface area contributed by atoms with Gasteiger partial charge in [0.05, 0.1) is 36.6 Å². The van der Waals surface area contributed by atoms with E-state index in [9.17, 15) is 24.3 Å². The number of methoxy groups -OCH3 is 2. The molecule has 1 aromatic heterocycles. The third-order valence-electron chi connectivity index (χ3n) is 10.8. The van der Waals surface area contributed by atoms with Gasteiger partial charge in [-0.15, -0.1) is 0 Å². The molecule has 0 saturated carbocycles. The molecule has 13 nitrogen and oxygen atoms in total. The number of hydrogen-bond acceptors (Lipinski definition) is 9. The molecule has 1 aliphatic heterocycles. The summed E-state index contributed by atoms with van der Waals surface area (Å²) in [6, 6.07) is 9.55. The fourth-order valence-corrected chi connectivity index (χ4v) is 7.40. The first-order valence-electron chi connectivity index (χ1n) is 18.9. The number of carbonyl (C=O) groups is 4. The number of amides is 3. The van der Waals surface area contributed by atoms with E-state index in [1.54, 1.807) is 37.1 Å². The zero-order valence-corrected chi connectivity index (χ0v) is 33.3. The van der Waals surface area contributed by atoms with E-state index < -0.39 is 53.7 Å². The molecule has 2 heterocycles. The zero-order chi connectivity index (χ0) is 39.5. The van der Waals surface area contributed by atoms with Gasteiger partial charge in [0.25, 0.3) is 0 Å². The molecular weight excluding hydrogens is 676 g/mol. The van der Waals surface area contributed by atoms with E-state index in [-0.39, 0.29) is 36.5 Å². The summed E-state index contributed by atoms with van der Waals surface area (Å²) in [5.74, 6) is -2.38. The fraction of sp³-hybridized carbons (Fsp3) is 0.650. The lowest BCUT2D eigenvalue weighted by Gasteiger charge is -2.41. The van der Waals surface area contributed by atoms with Gasteiger partial charge < -0.3 is 35.0 Å². The van der Waals surface area contributed by atoms with Crippen molar-refractivity contribution in [1.29, 1.82) is 0 Å². The summed E-state index contributed by atoms with van der Waals surface area (Å²) in [5.41, 5.74) is 0.102. The van der Waals surface area contributed by atoms with Gasteiger partial charge in [-0.2, -0.15) is 0 Å². The molecule has 8 atom stereocenters. The number of benzene rings is 1. The Bertz CT molecular complexity index is 1510. The number of ether oxygens (including phenoxy) is 2. The summed E-state index contributed by atoms with van der Waals surface area (Å²) < 4.78 is 11.9. The van der Waals surface area contributed by atoms with Crippen LogP contribution in [0.1, 0.15) is 85.4 Å². The summed E-state index contributed by atoms with van der Waals surface area (Å²) in [7, 11) is 4.84. The van der Waals surface area contributed by atoms with Crippen molar-refractivity contribution >= 4 is 29.6 Å². The molecule has 53 heavy (non-hydrogen) atoms. The van der Waals surface area contributed by atoms with Crippen LogP contribution >= 0.6 is 0 Å². The Morgan fingerprint density at radius 1 is 1.06 bits per heavy atom. The highest BCUT2D eigenvalue weighted by Crippen LogP contribution is 2.30. The van der Waals surface area contributed by atoms with Crippen LogP contribution in [-0.2, 0) is 41.5 Å². The summed E-state index contributed by atoms with van der Waals surface area (Å²) in [5, 5.41) is 16.2. The highest BCUT2D eigenvalue weighted by atomic mass is 16.5. The highest BCUT2D eigenvalue weighted by Gasteiger charge is 2.44. The molecule has 13 heteroatoms. The number of hydrogen-bond donors (Lipinski definition) is 3. The molecule has 3 amide bonds. The molecule has 3 rings (SSSR count). The van der Waals surface area contributed by atoms with Crippen LogP contribution in [0.5, 0.6) is 0 Å². The minimum Gasteiger partial charge on any atom is -0.480 e. The van der Waals surface area contributed by atoms with Crippen molar-refractivity contribution in [2.24, 2.45) is 17.8 Å². The molecule has 0 aliphatic carbocycles. The number of likely N-dealkylation sites (tertiary alicyclic amines) is 1. The Balaban J connectivity index is 1.79. The molecular formula is C40H62N6O7. The van der Waals surface area contributed by atoms with Crippen molar-refractivity contribution in [3.05, 3.63) is 53.9 Å². The average Bonchev–Trinajstić information content (AvgIpc) is 3.63. The number of carbonyl (C=O) groups excluding carboxylic acids is 3. The average molecular weight is 739 g/mol. The number of likely N-dealkylation sites (N-methyl/N-ethyl adjacent to an activating group) is 1. The van der Waals surface area contributed by atoms with Crippen LogP contribution in [0.4, 0.5) is 5.95 Å². The largest absolute Gasteiger partial charge is 0.480 e. The molecule has 0 bridgehead atoms. The predicted molar refractivity (Wildman–Crippen MR) is 204 cm³/mol. The second kappa shape index (κ2) is 19.8. The molecule has 1 fully saturated rings. The number of aryl methyl sites for hydroxylation is 1. The Labute approximate surface area is 315 Å². The predicted octanol–water partition coefficient (Wildman–Crippen LogP) is 4.60. The first kappa shape index (κ1) is 43.3. The van der Waals surface area contributed by atoms with Gasteiger partial charge >= 0.3 is 5.97 Å². The van der Waals surface area contributed by atoms with E-state index in [1.807, 2.05) is 64.1 Å². The summed E-state index contributed by atoms with van der Waals surface area (Å²) in [6.07, 6.45) is 3.34. The maximum atomic E-state index is 14.2. The molecule has 294 valence electrons. The second-order valence-electron chi connectivity index (χ2n) is 15.0. The lowest BCUT2D eigenvalue weighted by atomic mass is 9.89. The standard InChI is InChI=1S/C40H62N6O7/c1-11-26(5)34(45(8)37(49)33(25(3)4)43-39-41-21-20-29(12-2)42-39)31(52-9)23-32(47)46-22-16-19-30(46)35(53-10)27(6)36(48)44-40(7,38(50)51)24-28-17-14-13-15-18-28/h13-15,17-18,20-21,25-27,30-31,33-35H,11-12,16,19,22-24H2,1-10H3,(H,44,48)(H,50,51)(H,41,42,43)/t26-,27+,30-,31+,33-,34-,35+,40-/m0/s1. The Kier molecular flexibility index (Phi) is 16.2. The number of carboxylic acids is 1. The van der Waals surface area contributed by atoms with Gasteiger partial charge in [0.15, 0.2) is 0 Å². The van der Waals surface area contributed by atoms with E-state index in [0.29, 0.717) is 18.9 Å². The fourth-order valence-electron chi connectivity index (χ4n) is 7.40. The number of nitrogens with zero attached hydrogens (tertiary/aromatic N) is 4. The molecule has 1 saturated heterocycles. The Morgan fingerprint density at radius 2 is 1.74 bits per heavy atom. The number of rotatable bonds is 20. The number of anilines is 1. The van der Waals surface area contributed by atoms with E-state index in [1.165, 1.54) is 14.0 Å². The molecule has 1 aromatic carbocycles. The quantitative estimate of drug-likeness (QED) is 0.175. The minimum absolute atomic E-state index is 0.00145. The molecule has 0 spiro atoms. The Morgan fingerprint density at radius 3 is 2.30 bits per heavy atom. The van der Waals surface area contributed by atoms with E-state index >= 15 is 0 Å². The third kappa shape index (κ3) is 11.0. The van der Waals surface area contributed by atoms with Crippen molar-refractivity contribution in [3.8, 4) is 0 Å². The van der Waals surface area contributed by atoms with Gasteiger partial charge in [-0.3, -0.25) is 14.4 Å². The van der Waals surface area contributed by atoms with Crippen molar-refractivity contribution in [3.63, 3.8) is 0 Å². The van der Waals surface area contributed by atoms with Crippen molar-refractivity contribution < 1.29 is 33.8 Å². The van der Waals surface area contributed by atoms with Gasteiger partial charge in [0, 0.05) is 46.1 Å². The topological polar surface area (TPSA) is 163 Å². The molecule has 1 aliphatic rings. The maximum absolute atomic E-state index is 14.2. The maximum Gasteiger partial charge on any atom is 0.329 e. The van der Waals surface area contributed by atoms with E-state index in [0.717, 1.165) is 30.5 Å². The number of carboxylic acid groups (broad SMARTS) is 1. The zero-order valence-electron chi connectivity index (χ0n) is 33.3. The lowest BCUT2D eigenvalue weighted by Crippen LogP contribution is -2.58. The lowest BCUT2D eigenvalue weighted by molar-refractivity contribution is -0.150. The number of aromatic nitrogens is 2. The first-order valence-corrected chi connectivity index (χ1v) is 18.9. The van der Waals surface area contributed by atoms with Crippen LogP contribution in [0.2, 0.25) is 0 Å². The van der Waals surface area contributed by atoms with Crippen LogP contribution in [0, 0.1) is 17.8 Å². The van der Waals surface area contributed by atoms with Crippen LogP contribution < -0.4 is 10.6 Å². The van der Waals surface area contributed by atoms with Gasteiger partial charge in [0.2, 0.25) is 23.7 Å². The highest BCUT2D eigenvalue weighted by molar-refractivity contribution is 5.88. The van der Waals surface area contributed by atoms with Gasteiger partial charge in [-0.1, -0.05) is 78.3 Å². The minimum atomic E-state index is -1.55. The third-order valence-corrected chi connectivity index (χ3v) is 10.8. The van der Waals surface area contributed by atoms with Gasteiger partial charge in [-0.05, 0) is 49.7 Å². The van der Waals surface area contributed by atoms with Crippen molar-refractivity contribution in [1.82, 2.24) is 25.1 Å². The van der Waals surface area contributed by atoms with Crippen LogP contribution in [0.25, 0.3) is 0 Å². The van der Waals surface area contributed by atoms with Crippen molar-refractivity contribution in [2.75, 3.05) is 33.1 Å². The summed E-state index contributed by atoms with van der Waals surface area (Å²) in [4.78, 5) is 66.8. The van der Waals surface area contributed by atoms with Gasteiger partial charge in [-0.25, -0.2) is 14.8 Å². The summed E-state index contributed by atoms with van der Waals surface area (Å²) in [6.45, 7) is 13.7. The summed E-state index contributed by atoms with van der Waals surface area (Å²) >= 11 is 0. The molecule has 0 unspecified atom stereocenters. The van der Waals surface area contributed by atoms with Crippen molar-refractivity contribution in [2.45, 2.75) is 123 Å². The molecule has 3 N–H and O–H groups in total. The van der Waals surface area contributed by atoms with Gasteiger partial charge in [0.1, 0.15) is 11.6 Å². The Hall–Kier alpha value is -4.10. The van der Waals surface area contributed by atoms with Crippen LogP contribution in [-0.4, -0.2) is 112 Å². The first-order chi connectivity index (χ1) is 25.1. The SMILES string of the molecule is CCc1ccnc(N[C@H](C(=O)N(C)[C@@H]([C@@H](C)CC)[C@@H](CC(=O)N2CCC[C@H]2[C@H](OC)[C@@H](C)C(=O)N[C@@](C)(Cc2ccccc2)C(=O)O)OC)C(C)C)n1.